The smallest absolute Gasteiger partial charge is 0.0914 e. The van der Waals surface area contributed by atoms with Gasteiger partial charge in [-0.15, -0.1) is 0 Å². The highest BCUT2D eigenvalue weighted by Gasteiger charge is 1.86. The molecule has 0 amide bonds. The maximum Gasteiger partial charge on any atom is 0.0914 e. The van der Waals surface area contributed by atoms with Crippen LogP contribution in [-0.4, -0.2) is 6.61 Å². The van der Waals surface area contributed by atoms with Crippen LogP contribution in [0.5, 0.6) is 0 Å². The van der Waals surface area contributed by atoms with Crippen molar-refractivity contribution in [1.82, 2.24) is 0 Å². The molecule has 8 heavy (non-hydrogen) atoms. The van der Waals surface area contributed by atoms with Crippen LogP contribution in [0.2, 0.25) is 0 Å². The monoisotopic (exact) mass is 113 g/mol. The van der Waals surface area contributed by atoms with Gasteiger partial charge < -0.3 is 4.74 Å². The summed E-state index contributed by atoms with van der Waals surface area (Å²) in [7, 11) is 0. The van der Waals surface area contributed by atoms with E-state index in [4.69, 9.17) is 4.74 Å². The lowest BCUT2D eigenvalue weighted by Crippen LogP contribution is -1.88. The fourth-order valence-electron chi connectivity index (χ4n) is 0.521. The number of hydrogen-bond acceptors (Lipinski definition) is 1. The standard InChI is InChI=1S/C7H13O/c1-4-7(5-2)8-6-3/h4H,3,5-6H2,1-2H3. The Morgan fingerprint density at radius 3 is 2.50 bits per heavy atom. The molecule has 0 atom stereocenters. The summed E-state index contributed by atoms with van der Waals surface area (Å²) < 4.78 is 5.09. The second-order valence-electron chi connectivity index (χ2n) is 1.46. The molecule has 0 spiro atoms. The topological polar surface area (TPSA) is 9.23 Å². The normalized spacial score (nSPS) is 11.6. The van der Waals surface area contributed by atoms with E-state index in [1.54, 1.807) is 0 Å². The van der Waals surface area contributed by atoms with Crippen LogP contribution in [0.15, 0.2) is 11.8 Å². The molecule has 0 aromatic carbocycles. The van der Waals surface area contributed by atoms with Crippen molar-refractivity contribution >= 4 is 0 Å². The van der Waals surface area contributed by atoms with Gasteiger partial charge in [0.2, 0.25) is 0 Å². The predicted octanol–water partition coefficient (Wildman–Crippen LogP) is 2.15. The van der Waals surface area contributed by atoms with Crippen LogP contribution >= 0.6 is 0 Å². The lowest BCUT2D eigenvalue weighted by molar-refractivity contribution is 0.236. The first kappa shape index (κ1) is 7.54. The van der Waals surface area contributed by atoms with Crippen LogP contribution in [0.1, 0.15) is 20.3 Å². The zero-order valence-electron chi connectivity index (χ0n) is 5.61. The first-order valence-corrected chi connectivity index (χ1v) is 2.92. The Morgan fingerprint density at radius 1 is 1.75 bits per heavy atom. The lowest BCUT2D eigenvalue weighted by Gasteiger charge is -2.02. The van der Waals surface area contributed by atoms with Gasteiger partial charge in [-0.1, -0.05) is 6.92 Å². The molecule has 47 valence electrons. The predicted molar refractivity (Wildman–Crippen MR) is 35.4 cm³/mol. The van der Waals surface area contributed by atoms with Gasteiger partial charge in [0.1, 0.15) is 0 Å². The van der Waals surface area contributed by atoms with Crippen molar-refractivity contribution in [2.24, 2.45) is 0 Å². The highest BCUT2D eigenvalue weighted by Crippen LogP contribution is 1.99. The average Bonchev–Trinajstić information content (AvgIpc) is 1.83. The Balaban J connectivity index is 3.38. The van der Waals surface area contributed by atoms with E-state index in [9.17, 15) is 0 Å². The number of allylic oxidation sites excluding steroid dienone is 2. The van der Waals surface area contributed by atoms with Crippen LogP contribution < -0.4 is 0 Å². The molecule has 0 heterocycles. The van der Waals surface area contributed by atoms with Crippen molar-refractivity contribution in [1.29, 1.82) is 0 Å². The van der Waals surface area contributed by atoms with Gasteiger partial charge >= 0.3 is 0 Å². The number of rotatable bonds is 3. The van der Waals surface area contributed by atoms with E-state index in [0.717, 1.165) is 12.2 Å². The van der Waals surface area contributed by atoms with Crippen molar-refractivity contribution in [3.63, 3.8) is 0 Å². The van der Waals surface area contributed by atoms with Crippen molar-refractivity contribution in [2.45, 2.75) is 20.3 Å². The summed E-state index contributed by atoms with van der Waals surface area (Å²) in [5.41, 5.74) is 0. The van der Waals surface area contributed by atoms with Gasteiger partial charge in [-0.25, -0.2) is 0 Å². The summed E-state index contributed by atoms with van der Waals surface area (Å²) in [6.45, 7) is 8.12. The molecule has 0 aliphatic rings. The summed E-state index contributed by atoms with van der Waals surface area (Å²) in [5, 5.41) is 0. The van der Waals surface area contributed by atoms with E-state index in [1.165, 1.54) is 0 Å². The van der Waals surface area contributed by atoms with Gasteiger partial charge in [-0.3, -0.25) is 0 Å². The van der Waals surface area contributed by atoms with Crippen molar-refractivity contribution < 1.29 is 4.74 Å². The molecule has 0 aromatic rings. The van der Waals surface area contributed by atoms with E-state index in [1.807, 2.05) is 13.0 Å². The minimum absolute atomic E-state index is 0.535. The van der Waals surface area contributed by atoms with Crippen LogP contribution in [0, 0.1) is 6.92 Å². The Morgan fingerprint density at radius 2 is 2.38 bits per heavy atom. The second-order valence-corrected chi connectivity index (χ2v) is 1.46. The SMILES string of the molecule is [CH2]COC(=CC)CC. The molecule has 1 nitrogen and oxygen atoms in total. The molecular weight excluding hydrogens is 100 g/mol. The number of ether oxygens (including phenoxy) is 1. The summed E-state index contributed by atoms with van der Waals surface area (Å²) in [6, 6.07) is 0. The Bertz CT molecular complexity index is 74.5. The second kappa shape index (κ2) is 4.69. The molecule has 0 saturated heterocycles. The minimum Gasteiger partial charge on any atom is -0.498 e. The van der Waals surface area contributed by atoms with E-state index >= 15 is 0 Å². The molecule has 0 saturated carbocycles. The average molecular weight is 113 g/mol. The van der Waals surface area contributed by atoms with Gasteiger partial charge in [0.25, 0.3) is 0 Å². The Labute approximate surface area is 51.4 Å². The van der Waals surface area contributed by atoms with E-state index in [2.05, 4.69) is 13.8 Å². The van der Waals surface area contributed by atoms with Crippen LogP contribution in [0.4, 0.5) is 0 Å². The zero-order valence-corrected chi connectivity index (χ0v) is 5.61. The Kier molecular flexibility index (Phi) is 4.42. The third-order valence-corrected chi connectivity index (χ3v) is 0.958. The highest BCUT2D eigenvalue weighted by molar-refractivity contribution is 4.88. The molecule has 0 unspecified atom stereocenters. The molecular formula is C7H13O. The molecule has 0 fully saturated rings. The molecule has 1 heteroatoms. The lowest BCUT2D eigenvalue weighted by atomic mass is 10.4. The molecule has 1 radical (unpaired) electrons. The molecule has 0 rings (SSSR count). The highest BCUT2D eigenvalue weighted by atomic mass is 16.5. The van der Waals surface area contributed by atoms with E-state index < -0.39 is 0 Å². The van der Waals surface area contributed by atoms with Crippen molar-refractivity contribution in [2.75, 3.05) is 6.61 Å². The van der Waals surface area contributed by atoms with E-state index in [0.29, 0.717) is 6.61 Å². The fourth-order valence-corrected chi connectivity index (χ4v) is 0.521. The Hall–Kier alpha value is -0.460. The fraction of sp³-hybridized carbons (Fsp3) is 0.571. The van der Waals surface area contributed by atoms with Gasteiger partial charge in [-0.05, 0) is 19.9 Å². The summed E-state index contributed by atoms with van der Waals surface area (Å²) in [6.07, 6.45) is 2.93. The van der Waals surface area contributed by atoms with Crippen molar-refractivity contribution in [3.8, 4) is 0 Å². The maximum absolute atomic E-state index is 5.09. The summed E-state index contributed by atoms with van der Waals surface area (Å²) in [5.74, 6) is 1.03. The van der Waals surface area contributed by atoms with E-state index in [-0.39, 0.29) is 0 Å². The van der Waals surface area contributed by atoms with Gasteiger partial charge in [0.15, 0.2) is 0 Å². The molecule has 0 aromatic heterocycles. The first-order chi connectivity index (χ1) is 3.85. The van der Waals surface area contributed by atoms with Gasteiger partial charge in [-0.2, -0.15) is 0 Å². The van der Waals surface area contributed by atoms with Crippen LogP contribution in [0.3, 0.4) is 0 Å². The third kappa shape index (κ3) is 2.67. The van der Waals surface area contributed by atoms with Crippen LogP contribution in [0.25, 0.3) is 0 Å². The van der Waals surface area contributed by atoms with Gasteiger partial charge in [0, 0.05) is 6.42 Å². The summed E-state index contributed by atoms with van der Waals surface area (Å²) in [4.78, 5) is 0. The molecule has 0 bridgehead atoms. The quantitative estimate of drug-likeness (QED) is 0.509. The molecule has 0 aliphatic heterocycles. The van der Waals surface area contributed by atoms with Crippen molar-refractivity contribution in [3.05, 3.63) is 18.8 Å². The zero-order chi connectivity index (χ0) is 6.41. The molecule has 0 N–H and O–H groups in total. The maximum atomic E-state index is 5.09. The minimum atomic E-state index is 0.535. The first-order valence-electron chi connectivity index (χ1n) is 2.92. The number of hydrogen-bond donors (Lipinski definition) is 0. The van der Waals surface area contributed by atoms with Gasteiger partial charge in [0.05, 0.1) is 12.4 Å². The largest absolute Gasteiger partial charge is 0.498 e. The third-order valence-electron chi connectivity index (χ3n) is 0.958. The molecule has 0 aliphatic carbocycles. The summed E-state index contributed by atoms with van der Waals surface area (Å²) >= 11 is 0. The van der Waals surface area contributed by atoms with Crippen LogP contribution in [-0.2, 0) is 4.74 Å².